The molecule has 4 heterocycles. The van der Waals surface area contributed by atoms with Gasteiger partial charge in [0.1, 0.15) is 18.0 Å². The first-order valence-electron chi connectivity index (χ1n) is 12.2. The highest BCUT2D eigenvalue weighted by molar-refractivity contribution is 5.98. The average molecular weight is 499 g/mol. The molecule has 1 N–H and O–H groups in total. The van der Waals surface area contributed by atoms with E-state index in [-0.39, 0.29) is 30.2 Å². The Kier molecular flexibility index (Phi) is 8.44. The molecule has 4 rings (SSSR count). The summed E-state index contributed by atoms with van der Waals surface area (Å²) < 4.78 is 11.7. The van der Waals surface area contributed by atoms with Gasteiger partial charge in [-0.15, -0.1) is 0 Å². The van der Waals surface area contributed by atoms with Crippen molar-refractivity contribution in [1.29, 1.82) is 0 Å². The van der Waals surface area contributed by atoms with E-state index in [4.69, 9.17) is 9.47 Å². The molecule has 0 aromatic carbocycles. The Morgan fingerprint density at radius 1 is 1.22 bits per heavy atom. The van der Waals surface area contributed by atoms with Crippen molar-refractivity contribution in [3.63, 3.8) is 0 Å². The minimum atomic E-state index is -0.401. The van der Waals surface area contributed by atoms with Crippen molar-refractivity contribution in [2.24, 2.45) is 5.92 Å². The summed E-state index contributed by atoms with van der Waals surface area (Å²) in [6.45, 7) is 7.39. The van der Waals surface area contributed by atoms with E-state index in [0.29, 0.717) is 44.0 Å². The van der Waals surface area contributed by atoms with Crippen LogP contribution in [0.4, 0.5) is 0 Å². The summed E-state index contributed by atoms with van der Waals surface area (Å²) in [5.41, 5.74) is 1.71. The van der Waals surface area contributed by atoms with Crippen molar-refractivity contribution in [3.8, 4) is 17.0 Å². The molecule has 2 amide bonds. The number of carbonyl (C=O) groups excluding carboxylic acids is 2. The molecule has 0 aliphatic carbocycles. The van der Waals surface area contributed by atoms with Gasteiger partial charge < -0.3 is 24.4 Å². The molecule has 0 unspecified atom stereocenters. The minimum absolute atomic E-state index is 0.000901. The number of carbonyl (C=O) groups is 2. The zero-order valence-corrected chi connectivity index (χ0v) is 21.0. The number of hydrogen-bond acceptors (Lipinski definition) is 9. The second-order valence-electron chi connectivity index (χ2n) is 9.49. The van der Waals surface area contributed by atoms with Crippen LogP contribution in [-0.2, 0) is 9.53 Å². The number of rotatable bonds is 7. The number of aliphatic hydroxyl groups excluding tert-OH is 1. The van der Waals surface area contributed by atoms with Crippen LogP contribution in [0, 0.1) is 5.92 Å². The fourth-order valence-electron chi connectivity index (χ4n) is 4.37. The van der Waals surface area contributed by atoms with Crippen LogP contribution in [0.1, 0.15) is 24.2 Å². The Labute approximate surface area is 211 Å². The molecule has 1 fully saturated rings. The maximum atomic E-state index is 13.6. The van der Waals surface area contributed by atoms with Gasteiger partial charge in [-0.25, -0.2) is 15.0 Å². The smallest absolute Gasteiger partial charge is 0.259 e. The van der Waals surface area contributed by atoms with Gasteiger partial charge in [0.25, 0.3) is 5.91 Å². The van der Waals surface area contributed by atoms with Crippen LogP contribution in [-0.4, -0.2) is 118 Å². The van der Waals surface area contributed by atoms with Gasteiger partial charge in [-0.05, 0) is 13.0 Å². The largest absolute Gasteiger partial charge is 0.472 e. The van der Waals surface area contributed by atoms with Crippen LogP contribution in [0.5, 0.6) is 5.88 Å². The lowest BCUT2D eigenvalue weighted by molar-refractivity contribution is -0.133. The first-order chi connectivity index (χ1) is 17.4. The maximum absolute atomic E-state index is 13.6. The van der Waals surface area contributed by atoms with Gasteiger partial charge in [0, 0.05) is 62.3 Å². The van der Waals surface area contributed by atoms with Crippen molar-refractivity contribution >= 4 is 11.8 Å². The molecule has 2 aliphatic heterocycles. The summed E-state index contributed by atoms with van der Waals surface area (Å²) in [4.78, 5) is 44.5. The predicted octanol–water partition coefficient (Wildman–Crippen LogP) is 0.549. The van der Waals surface area contributed by atoms with E-state index in [2.05, 4.69) is 19.9 Å². The van der Waals surface area contributed by atoms with Gasteiger partial charge in [0.05, 0.1) is 39.0 Å². The lowest BCUT2D eigenvalue weighted by Gasteiger charge is -2.38. The van der Waals surface area contributed by atoms with E-state index in [1.807, 2.05) is 13.8 Å². The van der Waals surface area contributed by atoms with E-state index < -0.39 is 12.1 Å². The Bertz CT molecular complexity index is 1050. The fourth-order valence-corrected chi connectivity index (χ4v) is 4.37. The molecule has 1 saturated heterocycles. The molecule has 2 aliphatic rings. The maximum Gasteiger partial charge on any atom is 0.259 e. The molecule has 0 bridgehead atoms. The number of likely N-dealkylation sites (N-methyl/N-ethyl adjacent to an activating group) is 1. The highest BCUT2D eigenvalue weighted by atomic mass is 16.5. The standard InChI is InChI=1S/C25H34N6O5/c1-17-12-31(18(2)15-32)25(34)21-8-19(20-9-26-16-27-10-20)11-28-24(21)36-22(17)13-29(3)23(33)14-30-4-6-35-7-5-30/h8-11,16-18,22,32H,4-7,12-15H2,1-3H3/t17-,18-,22+/m1/s1. The molecule has 0 saturated carbocycles. The lowest BCUT2D eigenvalue weighted by atomic mass is 9.99. The van der Waals surface area contributed by atoms with Crippen molar-refractivity contribution in [2.45, 2.75) is 26.0 Å². The van der Waals surface area contributed by atoms with Crippen LogP contribution in [0.3, 0.4) is 0 Å². The number of aromatic nitrogens is 3. The molecule has 0 radical (unpaired) electrons. The van der Waals surface area contributed by atoms with Gasteiger partial charge in [0.15, 0.2) is 0 Å². The monoisotopic (exact) mass is 498 g/mol. The van der Waals surface area contributed by atoms with Gasteiger partial charge in [-0.2, -0.15) is 0 Å². The van der Waals surface area contributed by atoms with Gasteiger partial charge in [-0.3, -0.25) is 14.5 Å². The number of amides is 2. The van der Waals surface area contributed by atoms with Crippen LogP contribution >= 0.6 is 0 Å². The summed E-state index contributed by atoms with van der Waals surface area (Å²) >= 11 is 0. The van der Waals surface area contributed by atoms with E-state index in [1.54, 1.807) is 41.5 Å². The number of nitrogens with zero attached hydrogens (tertiary/aromatic N) is 6. The number of morpholine rings is 1. The molecule has 3 atom stereocenters. The highest BCUT2D eigenvalue weighted by Gasteiger charge is 2.35. The van der Waals surface area contributed by atoms with Gasteiger partial charge in [-0.1, -0.05) is 6.92 Å². The van der Waals surface area contributed by atoms with E-state index >= 15 is 0 Å². The summed E-state index contributed by atoms with van der Waals surface area (Å²) in [6.07, 6.45) is 5.97. The number of ether oxygens (including phenoxy) is 2. The molecular weight excluding hydrogens is 464 g/mol. The zero-order chi connectivity index (χ0) is 25.7. The zero-order valence-electron chi connectivity index (χ0n) is 21.0. The SMILES string of the molecule is C[C@@H]1CN([C@H](C)CO)C(=O)c2cc(-c3cncnc3)cnc2O[C@H]1CN(C)C(=O)CN1CCOCC1. The van der Waals surface area contributed by atoms with Crippen LogP contribution < -0.4 is 4.74 Å². The average Bonchev–Trinajstić information content (AvgIpc) is 2.91. The normalized spacial score (nSPS) is 21.7. The van der Waals surface area contributed by atoms with Crippen LogP contribution in [0.15, 0.2) is 31.0 Å². The molecule has 194 valence electrons. The molecule has 11 nitrogen and oxygen atoms in total. The summed E-state index contributed by atoms with van der Waals surface area (Å²) in [5.74, 6) is -0.168. The molecule has 11 heteroatoms. The summed E-state index contributed by atoms with van der Waals surface area (Å²) in [5, 5.41) is 9.85. The second kappa shape index (κ2) is 11.7. The quantitative estimate of drug-likeness (QED) is 0.583. The molecule has 2 aromatic rings. The Morgan fingerprint density at radius 2 is 1.94 bits per heavy atom. The number of aliphatic hydroxyl groups is 1. The van der Waals surface area contributed by atoms with Crippen molar-refractivity contribution < 1.29 is 24.2 Å². The lowest BCUT2D eigenvalue weighted by Crippen LogP contribution is -2.51. The second-order valence-corrected chi connectivity index (χ2v) is 9.49. The third-order valence-electron chi connectivity index (χ3n) is 6.76. The van der Waals surface area contributed by atoms with Crippen LogP contribution in [0.2, 0.25) is 0 Å². The predicted molar refractivity (Wildman–Crippen MR) is 131 cm³/mol. The summed E-state index contributed by atoms with van der Waals surface area (Å²) in [6, 6.07) is 1.33. The number of pyridine rings is 1. The van der Waals surface area contributed by atoms with E-state index in [1.165, 1.54) is 6.33 Å². The topological polar surface area (TPSA) is 121 Å². The van der Waals surface area contributed by atoms with Crippen LogP contribution in [0.25, 0.3) is 11.1 Å². The summed E-state index contributed by atoms with van der Waals surface area (Å²) in [7, 11) is 1.77. The first kappa shape index (κ1) is 25.9. The third kappa shape index (κ3) is 5.97. The number of hydrogen-bond donors (Lipinski definition) is 1. The van der Waals surface area contributed by atoms with E-state index in [0.717, 1.165) is 18.7 Å². The van der Waals surface area contributed by atoms with Crippen molar-refractivity contribution in [2.75, 3.05) is 59.6 Å². The Balaban J connectivity index is 1.59. The molecule has 36 heavy (non-hydrogen) atoms. The van der Waals surface area contributed by atoms with Crippen molar-refractivity contribution in [3.05, 3.63) is 36.5 Å². The van der Waals surface area contributed by atoms with Gasteiger partial charge >= 0.3 is 0 Å². The third-order valence-corrected chi connectivity index (χ3v) is 6.76. The van der Waals surface area contributed by atoms with Gasteiger partial charge in [0.2, 0.25) is 11.8 Å². The molecule has 0 spiro atoms. The van der Waals surface area contributed by atoms with E-state index in [9.17, 15) is 14.7 Å². The Hall–Kier alpha value is -3.15. The fraction of sp³-hybridized carbons (Fsp3) is 0.560. The molecule has 2 aromatic heterocycles. The van der Waals surface area contributed by atoms with Crippen molar-refractivity contribution in [1.82, 2.24) is 29.7 Å². The Morgan fingerprint density at radius 3 is 2.64 bits per heavy atom. The number of fused-ring (bicyclic) bond motifs is 1. The molecular formula is C25H34N6O5. The highest BCUT2D eigenvalue weighted by Crippen LogP contribution is 2.30. The minimum Gasteiger partial charge on any atom is -0.472 e. The first-order valence-corrected chi connectivity index (χ1v) is 12.2.